The first kappa shape index (κ1) is 29.9. The Kier molecular flexibility index (Phi) is 10.7. The number of amides is 3. The number of nitrogens with one attached hydrogen (secondary N) is 3. The summed E-state index contributed by atoms with van der Waals surface area (Å²) >= 11 is 0. The summed E-state index contributed by atoms with van der Waals surface area (Å²) in [5.41, 5.74) is 1.61. The number of hydrogen-bond donors (Lipinski definition) is 3. The van der Waals surface area contributed by atoms with Gasteiger partial charge in [-0.15, -0.1) is 0 Å². The Morgan fingerprint density at radius 3 is 2.21 bits per heavy atom. The van der Waals surface area contributed by atoms with Crippen molar-refractivity contribution in [3.8, 4) is 5.75 Å². The molecule has 4 rings (SSSR count). The number of fused-ring (bicyclic) bond motifs is 10. The molecule has 8 nitrogen and oxygen atoms in total. The van der Waals surface area contributed by atoms with Crippen molar-refractivity contribution in [2.75, 3.05) is 14.1 Å². The molecule has 0 saturated carbocycles. The van der Waals surface area contributed by atoms with E-state index in [1.807, 2.05) is 87.4 Å². The Hall–Kier alpha value is -3.65. The molecule has 4 atom stereocenters. The van der Waals surface area contributed by atoms with E-state index in [4.69, 9.17) is 4.74 Å². The molecule has 39 heavy (non-hydrogen) atoms. The van der Waals surface area contributed by atoms with Gasteiger partial charge in [-0.2, -0.15) is 0 Å². The molecule has 0 radical (unpaired) electrons. The summed E-state index contributed by atoms with van der Waals surface area (Å²) in [6, 6.07) is 14.4. The summed E-state index contributed by atoms with van der Waals surface area (Å²) in [5.74, 6) is -0.114. The molecule has 3 N–H and O–H groups in total. The lowest BCUT2D eigenvalue weighted by Gasteiger charge is -2.32. The van der Waals surface area contributed by atoms with E-state index in [0.29, 0.717) is 18.6 Å². The second-order valence-corrected chi connectivity index (χ2v) is 11.1. The quantitative estimate of drug-likeness (QED) is 0.477. The summed E-state index contributed by atoms with van der Waals surface area (Å²) in [7, 11) is 3.70. The van der Waals surface area contributed by atoms with Crippen molar-refractivity contribution in [2.24, 2.45) is 11.8 Å². The van der Waals surface area contributed by atoms with Crippen LogP contribution in [-0.4, -0.2) is 54.8 Å². The lowest BCUT2D eigenvalue weighted by Crippen LogP contribution is -2.58. The third kappa shape index (κ3) is 8.68. The third-order valence-electron chi connectivity index (χ3n) is 6.62. The van der Waals surface area contributed by atoms with Crippen LogP contribution in [0, 0.1) is 11.8 Å². The zero-order valence-corrected chi connectivity index (χ0v) is 23.8. The number of benzene rings is 2. The van der Waals surface area contributed by atoms with E-state index in [2.05, 4.69) is 29.8 Å². The minimum absolute atomic E-state index is 0.147. The largest absolute Gasteiger partial charge is 0.483 e. The van der Waals surface area contributed by atoms with Gasteiger partial charge in [0.05, 0.1) is 6.04 Å². The summed E-state index contributed by atoms with van der Waals surface area (Å²) in [6.07, 6.45) is 3.57. The molecule has 3 amide bonds. The minimum atomic E-state index is -1.10. The molecule has 2 aromatic rings. The molecular formula is C31H42N4O4. The Labute approximate surface area is 232 Å². The van der Waals surface area contributed by atoms with Crippen molar-refractivity contribution in [2.45, 2.75) is 64.8 Å². The van der Waals surface area contributed by atoms with E-state index in [-0.39, 0.29) is 23.7 Å². The molecule has 2 aromatic carbocycles. The monoisotopic (exact) mass is 534 g/mol. The van der Waals surface area contributed by atoms with Crippen LogP contribution in [0.25, 0.3) is 6.08 Å². The molecule has 0 saturated heterocycles. The van der Waals surface area contributed by atoms with Crippen molar-refractivity contribution in [3.05, 3.63) is 71.9 Å². The molecular weight excluding hydrogens is 492 g/mol. The zero-order chi connectivity index (χ0) is 28.5. The van der Waals surface area contributed by atoms with E-state index in [1.165, 1.54) is 0 Å². The molecule has 2 aliphatic rings. The van der Waals surface area contributed by atoms with Crippen LogP contribution in [0.1, 0.15) is 57.8 Å². The number of likely N-dealkylation sites (N-methyl/N-ethyl adjacent to an activating group) is 1. The standard InChI is InChI=1S/C31H42N4O4/c1-20(2)18-25-29(36)32-17-16-22-12-14-24(15-13-22)39-28(23-10-8-7-9-11-23)27(31(38)33-25)34-30(37)26(35(5)6)19-21(3)4/h7-17,20-21,25-28H,18-19H2,1-6H3,(H,32,36)(H,33,38)(H,34,37)/t25-,26-,27-,28-/m0/s1. The van der Waals surface area contributed by atoms with E-state index < -0.39 is 30.1 Å². The van der Waals surface area contributed by atoms with Gasteiger partial charge >= 0.3 is 0 Å². The van der Waals surface area contributed by atoms with Gasteiger partial charge in [-0.3, -0.25) is 19.3 Å². The molecule has 0 fully saturated rings. The van der Waals surface area contributed by atoms with Crippen LogP contribution in [-0.2, 0) is 14.4 Å². The van der Waals surface area contributed by atoms with Crippen LogP contribution in [0.15, 0.2) is 60.8 Å². The van der Waals surface area contributed by atoms with Crippen LogP contribution >= 0.6 is 0 Å². The third-order valence-corrected chi connectivity index (χ3v) is 6.62. The summed E-state index contributed by atoms with van der Waals surface area (Å²) in [4.78, 5) is 42.6. The Morgan fingerprint density at radius 1 is 0.949 bits per heavy atom. The van der Waals surface area contributed by atoms with Crippen LogP contribution in [0.3, 0.4) is 0 Å². The number of rotatable bonds is 8. The highest BCUT2D eigenvalue weighted by molar-refractivity contribution is 5.94. The maximum absolute atomic E-state index is 14.0. The van der Waals surface area contributed by atoms with Crippen molar-refractivity contribution in [1.82, 2.24) is 20.9 Å². The van der Waals surface area contributed by atoms with Crippen molar-refractivity contribution in [3.63, 3.8) is 0 Å². The molecule has 8 heteroatoms. The molecule has 0 aliphatic carbocycles. The van der Waals surface area contributed by atoms with Gasteiger partial charge in [0.15, 0.2) is 6.10 Å². The summed E-state index contributed by atoms with van der Waals surface area (Å²) in [5, 5.41) is 8.71. The van der Waals surface area contributed by atoms with Gasteiger partial charge in [0.2, 0.25) is 17.7 Å². The minimum Gasteiger partial charge on any atom is -0.483 e. The van der Waals surface area contributed by atoms with Crippen LogP contribution in [0.5, 0.6) is 5.75 Å². The summed E-state index contributed by atoms with van der Waals surface area (Å²) < 4.78 is 6.43. The number of nitrogens with zero attached hydrogens (tertiary/aromatic N) is 1. The highest BCUT2D eigenvalue weighted by Gasteiger charge is 2.37. The SMILES string of the molecule is CC(C)C[C@@H]1NC(=O)[C@@H](NC(=O)[C@H](CC(C)C)N(C)C)[C@H](c2ccccc2)Oc2ccc(cc2)C=CNC1=O. The number of carbonyl (C=O) groups is 3. The molecule has 210 valence electrons. The van der Waals surface area contributed by atoms with Gasteiger partial charge < -0.3 is 20.7 Å². The predicted octanol–water partition coefficient (Wildman–Crippen LogP) is 3.90. The van der Waals surface area contributed by atoms with Crippen molar-refractivity contribution >= 4 is 23.8 Å². The van der Waals surface area contributed by atoms with E-state index >= 15 is 0 Å². The lowest BCUT2D eigenvalue weighted by molar-refractivity contribution is -0.136. The highest BCUT2D eigenvalue weighted by atomic mass is 16.5. The van der Waals surface area contributed by atoms with Crippen LogP contribution in [0.2, 0.25) is 0 Å². The smallest absolute Gasteiger partial charge is 0.247 e. The molecule has 0 unspecified atom stereocenters. The van der Waals surface area contributed by atoms with Crippen LogP contribution in [0.4, 0.5) is 0 Å². The second kappa shape index (κ2) is 13.9. The normalized spacial score (nSPS) is 20.8. The second-order valence-electron chi connectivity index (χ2n) is 11.1. The molecule has 2 aliphatic heterocycles. The molecule has 2 bridgehead atoms. The molecule has 0 spiro atoms. The Morgan fingerprint density at radius 2 is 1.62 bits per heavy atom. The fraction of sp³-hybridized carbons (Fsp3) is 0.452. The first-order valence-electron chi connectivity index (χ1n) is 13.6. The van der Waals surface area contributed by atoms with Crippen molar-refractivity contribution < 1.29 is 19.1 Å². The topological polar surface area (TPSA) is 99.8 Å². The molecule has 2 heterocycles. The van der Waals surface area contributed by atoms with Gasteiger partial charge in [-0.25, -0.2) is 0 Å². The van der Waals surface area contributed by atoms with Gasteiger partial charge in [-0.05, 0) is 68.1 Å². The van der Waals surface area contributed by atoms with Crippen LogP contribution < -0.4 is 20.7 Å². The first-order chi connectivity index (χ1) is 18.5. The fourth-order valence-electron chi connectivity index (χ4n) is 4.59. The lowest BCUT2D eigenvalue weighted by atomic mass is 9.97. The maximum Gasteiger partial charge on any atom is 0.247 e. The van der Waals surface area contributed by atoms with Crippen molar-refractivity contribution in [1.29, 1.82) is 0 Å². The van der Waals surface area contributed by atoms with E-state index in [1.54, 1.807) is 12.3 Å². The van der Waals surface area contributed by atoms with Gasteiger partial charge in [0, 0.05) is 6.20 Å². The molecule has 0 aromatic heterocycles. The number of carbonyl (C=O) groups excluding carboxylic acids is 3. The van der Waals surface area contributed by atoms with Gasteiger partial charge in [-0.1, -0.05) is 70.2 Å². The Balaban J connectivity index is 2.10. The van der Waals surface area contributed by atoms with Gasteiger partial charge in [0.25, 0.3) is 0 Å². The maximum atomic E-state index is 14.0. The predicted molar refractivity (Wildman–Crippen MR) is 154 cm³/mol. The average molecular weight is 535 g/mol. The average Bonchev–Trinajstić information content (AvgIpc) is 2.89. The highest BCUT2D eigenvalue weighted by Crippen LogP contribution is 2.27. The van der Waals surface area contributed by atoms with Gasteiger partial charge in [0.1, 0.15) is 17.8 Å². The number of ether oxygens (including phenoxy) is 1. The fourth-order valence-corrected chi connectivity index (χ4v) is 4.59. The summed E-state index contributed by atoms with van der Waals surface area (Å²) in [6.45, 7) is 8.09. The van der Waals surface area contributed by atoms with E-state index in [0.717, 1.165) is 11.1 Å². The Bertz CT molecular complexity index is 1130. The zero-order valence-electron chi connectivity index (χ0n) is 23.8. The first-order valence-corrected chi connectivity index (χ1v) is 13.6. The van der Waals surface area contributed by atoms with E-state index in [9.17, 15) is 14.4 Å². The number of hydrogen-bond acceptors (Lipinski definition) is 5.